The monoisotopic (exact) mass is 408 g/mol. The molecule has 5 heteroatoms. The van der Waals surface area contributed by atoms with Gasteiger partial charge in [0.1, 0.15) is 5.82 Å². The lowest BCUT2D eigenvalue weighted by Gasteiger charge is -2.41. The summed E-state index contributed by atoms with van der Waals surface area (Å²) >= 11 is 0. The number of hydrogen-bond acceptors (Lipinski definition) is 2. The van der Waals surface area contributed by atoms with Crippen LogP contribution in [-0.4, -0.2) is 29.8 Å². The zero-order chi connectivity index (χ0) is 21.1. The molecule has 0 aromatic heterocycles. The van der Waals surface area contributed by atoms with E-state index in [2.05, 4.69) is 0 Å². The molecule has 30 heavy (non-hydrogen) atoms. The molecule has 2 N–H and O–H groups in total. The number of hydrogen-bond donors (Lipinski definition) is 1. The Kier molecular flexibility index (Phi) is 5.89. The maximum absolute atomic E-state index is 14.1. The zero-order valence-electron chi connectivity index (χ0n) is 17.3. The molecule has 1 saturated heterocycles. The van der Waals surface area contributed by atoms with Crippen LogP contribution >= 0.6 is 0 Å². The summed E-state index contributed by atoms with van der Waals surface area (Å²) < 4.78 is 14.1. The Morgan fingerprint density at radius 3 is 2.40 bits per heavy atom. The van der Waals surface area contributed by atoms with Crippen LogP contribution in [0.5, 0.6) is 0 Å². The lowest BCUT2D eigenvalue weighted by atomic mass is 9.74. The third kappa shape index (κ3) is 4.11. The number of nitrogens with zero attached hydrogens (tertiary/aromatic N) is 1. The number of nitrogens with two attached hydrogens (primary N) is 1. The Bertz CT molecular complexity index is 921. The summed E-state index contributed by atoms with van der Waals surface area (Å²) in [4.78, 5) is 27.3. The number of rotatable bonds is 5. The van der Waals surface area contributed by atoms with Gasteiger partial charge in [0.25, 0.3) is 0 Å². The van der Waals surface area contributed by atoms with Crippen LogP contribution in [-0.2, 0) is 16.0 Å². The van der Waals surface area contributed by atoms with Crippen LogP contribution in [0.25, 0.3) is 11.1 Å². The van der Waals surface area contributed by atoms with Gasteiger partial charge in [0, 0.05) is 24.6 Å². The van der Waals surface area contributed by atoms with Gasteiger partial charge in [-0.1, -0.05) is 55.3 Å². The van der Waals surface area contributed by atoms with Crippen LogP contribution < -0.4 is 5.73 Å². The van der Waals surface area contributed by atoms with Crippen LogP contribution in [0.2, 0.25) is 0 Å². The maximum Gasteiger partial charge on any atom is 0.225 e. The van der Waals surface area contributed by atoms with Gasteiger partial charge in [0.2, 0.25) is 11.8 Å². The lowest BCUT2D eigenvalue weighted by molar-refractivity contribution is -0.142. The number of carbonyl (C=O) groups is 2. The number of carbonyl (C=O) groups excluding carboxylic acids is 2. The first-order valence-corrected chi connectivity index (χ1v) is 10.9. The molecule has 2 amide bonds. The minimum atomic E-state index is -0.744. The third-order valence-corrected chi connectivity index (χ3v) is 6.80. The van der Waals surface area contributed by atoms with Crippen LogP contribution in [0.15, 0.2) is 48.5 Å². The molecule has 158 valence electrons. The van der Waals surface area contributed by atoms with E-state index in [1.54, 1.807) is 12.1 Å². The van der Waals surface area contributed by atoms with Crippen molar-refractivity contribution in [3.63, 3.8) is 0 Å². The highest BCUT2D eigenvalue weighted by molar-refractivity contribution is 5.84. The number of piperidine rings is 1. The van der Waals surface area contributed by atoms with Crippen molar-refractivity contribution in [1.82, 2.24) is 4.90 Å². The summed E-state index contributed by atoms with van der Waals surface area (Å²) in [5.74, 6) is -0.307. The fourth-order valence-electron chi connectivity index (χ4n) is 5.07. The summed E-state index contributed by atoms with van der Waals surface area (Å²) in [6, 6.07) is 14.3. The first kappa shape index (κ1) is 20.6. The summed E-state index contributed by atoms with van der Waals surface area (Å²) in [5, 5.41) is 0. The fourth-order valence-corrected chi connectivity index (χ4v) is 5.07. The Labute approximate surface area is 177 Å². The summed E-state index contributed by atoms with van der Waals surface area (Å²) in [7, 11) is 0. The van der Waals surface area contributed by atoms with Crippen molar-refractivity contribution >= 4 is 11.8 Å². The molecule has 2 fully saturated rings. The lowest BCUT2D eigenvalue weighted by Crippen LogP contribution is -2.54. The minimum Gasteiger partial charge on any atom is -0.369 e. The highest BCUT2D eigenvalue weighted by Gasteiger charge is 2.43. The molecule has 0 bridgehead atoms. The second kappa shape index (κ2) is 8.58. The van der Waals surface area contributed by atoms with E-state index >= 15 is 0 Å². The van der Waals surface area contributed by atoms with Gasteiger partial charge in [0.15, 0.2) is 0 Å². The molecule has 2 aliphatic rings. The molecule has 1 aliphatic heterocycles. The largest absolute Gasteiger partial charge is 0.369 e. The molecule has 4 nitrogen and oxygen atoms in total. The van der Waals surface area contributed by atoms with E-state index in [1.165, 1.54) is 6.07 Å². The molecular formula is C25H29FN2O2. The van der Waals surface area contributed by atoms with Crippen molar-refractivity contribution < 1.29 is 14.0 Å². The van der Waals surface area contributed by atoms with Crippen molar-refractivity contribution in [2.24, 2.45) is 17.1 Å². The average molecular weight is 409 g/mol. The van der Waals surface area contributed by atoms with Crippen molar-refractivity contribution in [2.75, 3.05) is 13.1 Å². The van der Waals surface area contributed by atoms with E-state index in [0.717, 1.165) is 43.2 Å². The first-order chi connectivity index (χ1) is 14.5. The highest BCUT2D eigenvalue weighted by atomic mass is 19.1. The van der Waals surface area contributed by atoms with Gasteiger partial charge in [-0.05, 0) is 49.3 Å². The molecule has 1 aliphatic carbocycles. The van der Waals surface area contributed by atoms with Gasteiger partial charge in [-0.3, -0.25) is 9.59 Å². The predicted octanol–water partition coefficient (Wildman–Crippen LogP) is 4.32. The molecule has 0 spiro atoms. The van der Waals surface area contributed by atoms with Crippen LogP contribution in [0, 0.1) is 17.2 Å². The molecule has 4 rings (SSSR count). The molecule has 1 heterocycles. The van der Waals surface area contributed by atoms with E-state index in [-0.39, 0.29) is 23.5 Å². The van der Waals surface area contributed by atoms with Crippen molar-refractivity contribution in [1.29, 1.82) is 0 Å². The quantitative estimate of drug-likeness (QED) is 0.801. The number of amides is 2. The fraction of sp³-hybridized carbons (Fsp3) is 0.440. The zero-order valence-corrected chi connectivity index (χ0v) is 17.3. The predicted molar refractivity (Wildman–Crippen MR) is 115 cm³/mol. The van der Waals surface area contributed by atoms with E-state index < -0.39 is 5.41 Å². The number of benzene rings is 2. The number of halogens is 1. The summed E-state index contributed by atoms with van der Waals surface area (Å²) in [6.45, 7) is 1.10. The SMILES string of the molecule is NC(=O)C1(Cc2ccc(-c3ccccc3F)cc2)CCCN(C(=O)C2CCCC2)C1. The third-order valence-electron chi connectivity index (χ3n) is 6.80. The Morgan fingerprint density at radius 2 is 1.73 bits per heavy atom. The van der Waals surface area contributed by atoms with Crippen molar-refractivity contribution in [3.8, 4) is 11.1 Å². The van der Waals surface area contributed by atoms with E-state index in [9.17, 15) is 14.0 Å². The van der Waals surface area contributed by atoms with Crippen molar-refractivity contribution in [2.45, 2.75) is 44.9 Å². The van der Waals surface area contributed by atoms with Crippen LogP contribution in [0.3, 0.4) is 0 Å². The minimum absolute atomic E-state index is 0.105. The second-order valence-electron chi connectivity index (χ2n) is 8.84. The smallest absolute Gasteiger partial charge is 0.225 e. The molecule has 1 unspecified atom stereocenters. The summed E-state index contributed by atoms with van der Waals surface area (Å²) in [6.07, 6.45) is 6.10. The van der Waals surface area contributed by atoms with Gasteiger partial charge in [0.05, 0.1) is 5.41 Å². The number of likely N-dealkylation sites (tertiary alicyclic amines) is 1. The van der Waals surface area contributed by atoms with Gasteiger partial charge in [-0.25, -0.2) is 4.39 Å². The van der Waals surface area contributed by atoms with E-state index in [4.69, 9.17) is 5.73 Å². The van der Waals surface area contributed by atoms with Crippen LogP contribution in [0.4, 0.5) is 4.39 Å². The highest BCUT2D eigenvalue weighted by Crippen LogP contribution is 2.36. The molecule has 1 atom stereocenters. The Balaban J connectivity index is 1.52. The van der Waals surface area contributed by atoms with Crippen LogP contribution in [0.1, 0.15) is 44.1 Å². The first-order valence-electron chi connectivity index (χ1n) is 10.9. The van der Waals surface area contributed by atoms with E-state index in [1.807, 2.05) is 35.2 Å². The maximum atomic E-state index is 14.1. The standard InChI is InChI=1S/C25H29FN2O2/c26-22-9-4-3-8-21(22)19-12-10-18(11-13-19)16-25(24(27)30)14-5-15-28(17-25)23(29)20-6-1-2-7-20/h3-4,8-13,20H,1-2,5-7,14-17H2,(H2,27,30). The van der Waals surface area contributed by atoms with Gasteiger partial charge in [-0.2, -0.15) is 0 Å². The van der Waals surface area contributed by atoms with E-state index in [0.29, 0.717) is 31.5 Å². The Hall–Kier alpha value is -2.69. The molecule has 2 aromatic rings. The normalized spacial score (nSPS) is 22.2. The van der Waals surface area contributed by atoms with Gasteiger partial charge < -0.3 is 10.6 Å². The van der Waals surface area contributed by atoms with Gasteiger partial charge in [-0.15, -0.1) is 0 Å². The van der Waals surface area contributed by atoms with Crippen molar-refractivity contribution in [3.05, 3.63) is 59.9 Å². The molecule has 0 radical (unpaired) electrons. The molecule has 1 saturated carbocycles. The Morgan fingerprint density at radius 1 is 1.03 bits per heavy atom. The molecular weight excluding hydrogens is 379 g/mol. The number of primary amides is 1. The van der Waals surface area contributed by atoms with Gasteiger partial charge >= 0.3 is 0 Å². The average Bonchev–Trinajstić information content (AvgIpc) is 3.29. The summed E-state index contributed by atoms with van der Waals surface area (Å²) in [5.41, 5.74) is 7.47. The second-order valence-corrected chi connectivity index (χ2v) is 8.84. The molecule has 2 aromatic carbocycles. The topological polar surface area (TPSA) is 63.4 Å².